The summed E-state index contributed by atoms with van der Waals surface area (Å²) in [5.74, 6) is 0. The Morgan fingerprint density at radius 1 is 1.12 bits per heavy atom. The fraction of sp³-hybridized carbons (Fsp3) is 0.133. The molecule has 3 rings (SSSR count). The van der Waals surface area contributed by atoms with Gasteiger partial charge in [-0.05, 0) is 30.0 Å². The van der Waals surface area contributed by atoms with Gasteiger partial charge in [0.1, 0.15) is 0 Å². The Morgan fingerprint density at radius 2 is 2.06 bits per heavy atom. The lowest BCUT2D eigenvalue weighted by Crippen LogP contribution is -2.18. The number of benzene rings is 1. The predicted octanol–water partition coefficient (Wildman–Crippen LogP) is 3.12. The molecule has 0 aliphatic carbocycles. The van der Waals surface area contributed by atoms with Crippen LogP contribution < -0.4 is 0 Å². The molecule has 0 fully saturated rings. The summed E-state index contributed by atoms with van der Waals surface area (Å²) in [4.78, 5) is 6.68. The molecule has 0 unspecified atom stereocenters. The highest BCUT2D eigenvalue weighted by Crippen LogP contribution is 2.18. The Kier molecular flexibility index (Phi) is 2.62. The lowest BCUT2D eigenvalue weighted by atomic mass is 10.1. The molecule has 84 valence electrons. The minimum atomic E-state index is 0.934. The van der Waals surface area contributed by atoms with Crippen molar-refractivity contribution in [1.82, 2.24) is 9.88 Å². The summed E-state index contributed by atoms with van der Waals surface area (Å²) < 4.78 is 0. The summed E-state index contributed by atoms with van der Waals surface area (Å²) in [7, 11) is 0. The van der Waals surface area contributed by atoms with Crippen molar-refractivity contribution in [3.05, 3.63) is 66.5 Å². The fourth-order valence-corrected chi connectivity index (χ4v) is 2.14. The lowest BCUT2D eigenvalue weighted by molar-refractivity contribution is 0.407. The molecule has 2 aromatic rings. The van der Waals surface area contributed by atoms with E-state index in [1.807, 2.05) is 12.3 Å². The molecule has 0 radical (unpaired) electrons. The van der Waals surface area contributed by atoms with Gasteiger partial charge in [0.05, 0.1) is 5.52 Å². The minimum absolute atomic E-state index is 0.934. The molecular weight excluding hydrogens is 208 g/mol. The SMILES string of the molecule is C1=CCN(Cc2ccnc3ccccc23)C=C1. The van der Waals surface area contributed by atoms with Gasteiger partial charge in [-0.15, -0.1) is 0 Å². The number of pyridine rings is 1. The average molecular weight is 222 g/mol. The topological polar surface area (TPSA) is 16.1 Å². The normalized spacial score (nSPS) is 14.5. The third-order valence-electron chi connectivity index (χ3n) is 3.00. The zero-order valence-electron chi connectivity index (χ0n) is 9.58. The van der Waals surface area contributed by atoms with Gasteiger partial charge in [0, 0.05) is 24.7 Å². The zero-order chi connectivity index (χ0) is 11.5. The van der Waals surface area contributed by atoms with Crippen molar-refractivity contribution >= 4 is 10.9 Å². The first-order chi connectivity index (χ1) is 8.43. The van der Waals surface area contributed by atoms with Crippen LogP contribution in [-0.4, -0.2) is 16.4 Å². The molecule has 0 N–H and O–H groups in total. The summed E-state index contributed by atoms with van der Waals surface area (Å²) in [6.07, 6.45) is 10.4. The summed E-state index contributed by atoms with van der Waals surface area (Å²) in [6.45, 7) is 1.91. The first kappa shape index (κ1) is 10.1. The quantitative estimate of drug-likeness (QED) is 0.776. The number of hydrogen-bond acceptors (Lipinski definition) is 2. The van der Waals surface area contributed by atoms with Crippen LogP contribution in [0.3, 0.4) is 0 Å². The Hall–Kier alpha value is -2.09. The van der Waals surface area contributed by atoms with Crippen LogP contribution in [0.5, 0.6) is 0 Å². The molecule has 1 aromatic heterocycles. The van der Waals surface area contributed by atoms with Crippen molar-refractivity contribution < 1.29 is 0 Å². The number of nitrogens with zero attached hydrogens (tertiary/aromatic N) is 2. The molecule has 17 heavy (non-hydrogen) atoms. The van der Waals surface area contributed by atoms with Crippen LogP contribution in [0.25, 0.3) is 10.9 Å². The first-order valence-electron chi connectivity index (χ1n) is 5.83. The van der Waals surface area contributed by atoms with Gasteiger partial charge in [0.2, 0.25) is 0 Å². The highest BCUT2D eigenvalue weighted by molar-refractivity contribution is 5.81. The Morgan fingerprint density at radius 3 is 2.94 bits per heavy atom. The molecule has 2 heteroatoms. The van der Waals surface area contributed by atoms with Crippen LogP contribution in [0, 0.1) is 0 Å². The van der Waals surface area contributed by atoms with Crippen molar-refractivity contribution in [2.45, 2.75) is 6.54 Å². The molecule has 0 saturated heterocycles. The van der Waals surface area contributed by atoms with E-state index in [-0.39, 0.29) is 0 Å². The van der Waals surface area contributed by atoms with Crippen LogP contribution in [0.2, 0.25) is 0 Å². The van der Waals surface area contributed by atoms with E-state index in [0.717, 1.165) is 18.6 Å². The molecule has 0 saturated carbocycles. The Labute approximate surface area is 101 Å². The van der Waals surface area contributed by atoms with Crippen LogP contribution in [0.1, 0.15) is 5.56 Å². The van der Waals surface area contributed by atoms with Gasteiger partial charge in [0.15, 0.2) is 0 Å². The molecule has 0 atom stereocenters. The van der Waals surface area contributed by atoms with Gasteiger partial charge >= 0.3 is 0 Å². The zero-order valence-corrected chi connectivity index (χ0v) is 9.58. The van der Waals surface area contributed by atoms with Crippen LogP contribution >= 0.6 is 0 Å². The number of hydrogen-bond donors (Lipinski definition) is 0. The third-order valence-corrected chi connectivity index (χ3v) is 3.00. The molecule has 0 bridgehead atoms. The van der Waals surface area contributed by atoms with E-state index < -0.39 is 0 Å². The van der Waals surface area contributed by atoms with Crippen LogP contribution in [0.4, 0.5) is 0 Å². The third kappa shape index (κ3) is 2.07. The smallest absolute Gasteiger partial charge is 0.0705 e. The Balaban J connectivity index is 1.94. The van der Waals surface area contributed by atoms with Crippen molar-refractivity contribution in [2.75, 3.05) is 6.54 Å². The van der Waals surface area contributed by atoms with Gasteiger partial charge in [-0.3, -0.25) is 4.98 Å². The second-order valence-electron chi connectivity index (χ2n) is 4.19. The monoisotopic (exact) mass is 222 g/mol. The van der Waals surface area contributed by atoms with Crippen molar-refractivity contribution in [1.29, 1.82) is 0 Å². The number of rotatable bonds is 2. The van der Waals surface area contributed by atoms with Gasteiger partial charge in [-0.25, -0.2) is 0 Å². The fourth-order valence-electron chi connectivity index (χ4n) is 2.14. The maximum Gasteiger partial charge on any atom is 0.0705 e. The predicted molar refractivity (Wildman–Crippen MR) is 70.4 cm³/mol. The van der Waals surface area contributed by atoms with Crippen LogP contribution in [0.15, 0.2) is 61.0 Å². The molecule has 2 nitrogen and oxygen atoms in total. The summed E-state index contributed by atoms with van der Waals surface area (Å²) >= 11 is 0. The standard InChI is InChI=1S/C15H14N2/c1-4-10-17(11-5-1)12-13-8-9-16-15-7-3-2-6-14(13)15/h1-10H,11-12H2. The second-order valence-corrected chi connectivity index (χ2v) is 4.19. The first-order valence-corrected chi connectivity index (χ1v) is 5.83. The maximum atomic E-state index is 4.38. The van der Waals surface area contributed by atoms with E-state index in [2.05, 4.69) is 58.6 Å². The van der Waals surface area contributed by atoms with Gasteiger partial charge in [0.25, 0.3) is 0 Å². The van der Waals surface area contributed by atoms with Gasteiger partial charge in [-0.2, -0.15) is 0 Å². The summed E-state index contributed by atoms with van der Waals surface area (Å²) in [6, 6.07) is 10.4. The largest absolute Gasteiger partial charge is 0.369 e. The lowest BCUT2D eigenvalue weighted by Gasteiger charge is -2.21. The van der Waals surface area contributed by atoms with Crippen molar-refractivity contribution in [3.8, 4) is 0 Å². The van der Waals surface area contributed by atoms with E-state index in [0.29, 0.717) is 0 Å². The van der Waals surface area contributed by atoms with E-state index in [1.54, 1.807) is 0 Å². The van der Waals surface area contributed by atoms with E-state index in [1.165, 1.54) is 10.9 Å². The molecular formula is C15H14N2. The summed E-state index contributed by atoms with van der Waals surface area (Å²) in [5, 5.41) is 1.25. The van der Waals surface area contributed by atoms with E-state index >= 15 is 0 Å². The molecule has 0 spiro atoms. The average Bonchev–Trinajstić information content (AvgIpc) is 2.40. The molecule has 1 aliphatic rings. The minimum Gasteiger partial charge on any atom is -0.369 e. The number of fused-ring (bicyclic) bond motifs is 1. The van der Waals surface area contributed by atoms with Crippen molar-refractivity contribution in [2.24, 2.45) is 0 Å². The van der Waals surface area contributed by atoms with Crippen LogP contribution in [-0.2, 0) is 6.54 Å². The highest BCUT2D eigenvalue weighted by atomic mass is 15.1. The highest BCUT2D eigenvalue weighted by Gasteiger charge is 2.05. The van der Waals surface area contributed by atoms with E-state index in [9.17, 15) is 0 Å². The molecule has 2 heterocycles. The van der Waals surface area contributed by atoms with E-state index in [4.69, 9.17) is 0 Å². The number of para-hydroxylation sites is 1. The second kappa shape index (κ2) is 4.42. The molecule has 1 aliphatic heterocycles. The summed E-state index contributed by atoms with van der Waals surface area (Å²) in [5.41, 5.74) is 2.40. The van der Waals surface area contributed by atoms with Gasteiger partial charge in [-0.1, -0.05) is 30.4 Å². The Bertz CT molecular complexity index is 579. The number of allylic oxidation sites excluding steroid dienone is 2. The van der Waals surface area contributed by atoms with Gasteiger partial charge < -0.3 is 4.90 Å². The molecule has 0 amide bonds. The van der Waals surface area contributed by atoms with Crippen molar-refractivity contribution in [3.63, 3.8) is 0 Å². The number of aromatic nitrogens is 1. The maximum absolute atomic E-state index is 4.38. The molecule has 1 aromatic carbocycles.